The third-order valence-corrected chi connectivity index (χ3v) is 5.34. The average molecular weight is 496 g/mol. The van der Waals surface area contributed by atoms with Gasteiger partial charge in [0.15, 0.2) is 5.96 Å². The van der Waals surface area contributed by atoms with Gasteiger partial charge >= 0.3 is 0 Å². The molecular formula is C21H33IN6. The van der Waals surface area contributed by atoms with Gasteiger partial charge in [-0.15, -0.1) is 24.0 Å². The van der Waals surface area contributed by atoms with Gasteiger partial charge in [-0.1, -0.05) is 24.3 Å². The first-order chi connectivity index (χ1) is 13.0. The summed E-state index contributed by atoms with van der Waals surface area (Å²) in [6, 6.07) is 10.8. The summed E-state index contributed by atoms with van der Waals surface area (Å²) in [6.45, 7) is 11.1. The molecule has 6 nitrogen and oxygen atoms in total. The number of hydrogen-bond donors (Lipinski definition) is 2. The van der Waals surface area contributed by atoms with Gasteiger partial charge in [0.2, 0.25) is 0 Å². The number of halogens is 1. The minimum atomic E-state index is 0. The highest BCUT2D eigenvalue weighted by molar-refractivity contribution is 14.0. The van der Waals surface area contributed by atoms with Crippen LogP contribution in [0.4, 0.5) is 0 Å². The number of fused-ring (bicyclic) bond motifs is 1. The van der Waals surface area contributed by atoms with Crippen LogP contribution in [0.1, 0.15) is 37.6 Å². The summed E-state index contributed by atoms with van der Waals surface area (Å²) >= 11 is 0. The lowest BCUT2D eigenvalue weighted by atomic mass is 9.94. The van der Waals surface area contributed by atoms with E-state index in [1.54, 1.807) is 0 Å². The van der Waals surface area contributed by atoms with E-state index in [0.29, 0.717) is 6.54 Å². The zero-order valence-corrected chi connectivity index (χ0v) is 19.7. The van der Waals surface area contributed by atoms with Crippen molar-refractivity contribution in [2.45, 2.75) is 45.8 Å². The van der Waals surface area contributed by atoms with Crippen molar-refractivity contribution in [1.82, 2.24) is 25.3 Å². The summed E-state index contributed by atoms with van der Waals surface area (Å²) in [5.74, 6) is 0.851. The highest BCUT2D eigenvalue weighted by atomic mass is 127. The molecule has 0 saturated heterocycles. The molecule has 7 heteroatoms. The smallest absolute Gasteiger partial charge is 0.191 e. The van der Waals surface area contributed by atoms with Crippen LogP contribution in [0.5, 0.6) is 0 Å². The standard InChI is InChI=1S/C21H32N6.HI/c1-5-22-20(23-14-19-10-12-25-26(19)4)24-16-21(2,3)27-13-11-17-8-6-7-9-18(17)15-27;/h6-10,12H,5,11,13-16H2,1-4H3,(H2,22,23,24);1H. The van der Waals surface area contributed by atoms with Crippen molar-refractivity contribution in [1.29, 1.82) is 0 Å². The monoisotopic (exact) mass is 496 g/mol. The highest BCUT2D eigenvalue weighted by Crippen LogP contribution is 2.24. The molecule has 0 aliphatic carbocycles. The Morgan fingerprint density at radius 1 is 1.18 bits per heavy atom. The fraction of sp³-hybridized carbons (Fsp3) is 0.524. The van der Waals surface area contributed by atoms with Crippen LogP contribution in [0.2, 0.25) is 0 Å². The second-order valence-corrected chi connectivity index (χ2v) is 7.75. The topological polar surface area (TPSA) is 57.5 Å². The molecule has 1 aromatic heterocycles. The third-order valence-electron chi connectivity index (χ3n) is 5.34. The Morgan fingerprint density at radius 3 is 2.61 bits per heavy atom. The maximum atomic E-state index is 4.72. The van der Waals surface area contributed by atoms with E-state index >= 15 is 0 Å². The molecule has 154 valence electrons. The highest BCUT2D eigenvalue weighted by Gasteiger charge is 2.29. The van der Waals surface area contributed by atoms with Gasteiger partial charge in [-0.2, -0.15) is 5.10 Å². The number of aryl methyl sites for hydroxylation is 1. The molecule has 0 radical (unpaired) electrons. The maximum absolute atomic E-state index is 4.72. The lowest BCUT2D eigenvalue weighted by molar-refractivity contribution is 0.107. The third kappa shape index (κ3) is 5.70. The van der Waals surface area contributed by atoms with Crippen molar-refractivity contribution in [3.8, 4) is 0 Å². The van der Waals surface area contributed by atoms with Crippen molar-refractivity contribution in [3.63, 3.8) is 0 Å². The normalized spacial score (nSPS) is 14.9. The lowest BCUT2D eigenvalue weighted by Crippen LogP contribution is -2.54. The van der Waals surface area contributed by atoms with Gasteiger partial charge in [-0.3, -0.25) is 9.58 Å². The van der Waals surface area contributed by atoms with E-state index < -0.39 is 0 Å². The first kappa shape index (κ1) is 22.7. The Kier molecular flexibility index (Phi) is 8.30. The molecule has 3 rings (SSSR count). The van der Waals surface area contributed by atoms with Crippen molar-refractivity contribution in [3.05, 3.63) is 53.3 Å². The summed E-state index contributed by atoms with van der Waals surface area (Å²) in [4.78, 5) is 7.28. The molecule has 0 bridgehead atoms. The number of nitrogens with one attached hydrogen (secondary N) is 2. The minimum Gasteiger partial charge on any atom is -0.357 e. The van der Waals surface area contributed by atoms with Crippen LogP contribution >= 0.6 is 24.0 Å². The number of hydrogen-bond acceptors (Lipinski definition) is 3. The second kappa shape index (κ2) is 10.2. The quantitative estimate of drug-likeness (QED) is 0.367. The van der Waals surface area contributed by atoms with Gasteiger partial charge in [-0.05, 0) is 44.4 Å². The molecular weight excluding hydrogens is 463 g/mol. The maximum Gasteiger partial charge on any atom is 0.191 e. The lowest BCUT2D eigenvalue weighted by Gasteiger charge is -2.42. The molecule has 1 aliphatic rings. The van der Waals surface area contributed by atoms with Crippen LogP contribution in [0.25, 0.3) is 0 Å². The van der Waals surface area contributed by atoms with Gasteiger partial charge < -0.3 is 10.6 Å². The molecule has 0 saturated carbocycles. The molecule has 0 spiro atoms. The molecule has 0 atom stereocenters. The summed E-state index contributed by atoms with van der Waals surface area (Å²) < 4.78 is 1.86. The Labute approximate surface area is 185 Å². The Hall–Kier alpha value is -1.61. The molecule has 0 amide bonds. The largest absolute Gasteiger partial charge is 0.357 e. The first-order valence-corrected chi connectivity index (χ1v) is 9.80. The van der Waals surface area contributed by atoms with Gasteiger partial charge in [0.1, 0.15) is 0 Å². The Balaban J connectivity index is 0.00000280. The zero-order chi connectivity index (χ0) is 19.3. The fourth-order valence-electron chi connectivity index (χ4n) is 3.48. The van der Waals surface area contributed by atoms with Gasteiger partial charge in [-0.25, -0.2) is 4.99 Å². The van der Waals surface area contributed by atoms with E-state index in [2.05, 4.69) is 65.7 Å². The SMILES string of the molecule is CCNC(=NCc1ccnn1C)NCC(C)(C)N1CCc2ccccc2C1.I. The van der Waals surface area contributed by atoms with Crippen LogP contribution in [-0.4, -0.2) is 45.8 Å². The van der Waals surface area contributed by atoms with Gasteiger partial charge in [0, 0.05) is 45.0 Å². The van der Waals surface area contributed by atoms with Gasteiger partial charge in [0.25, 0.3) is 0 Å². The predicted octanol–water partition coefficient (Wildman–Crippen LogP) is 2.93. The van der Waals surface area contributed by atoms with Crippen molar-refractivity contribution < 1.29 is 0 Å². The summed E-state index contributed by atoms with van der Waals surface area (Å²) in [5, 5.41) is 11.1. The molecule has 0 fully saturated rings. The van der Waals surface area contributed by atoms with Crippen LogP contribution in [0, 0.1) is 0 Å². The fourth-order valence-corrected chi connectivity index (χ4v) is 3.48. The second-order valence-electron chi connectivity index (χ2n) is 7.75. The van der Waals surface area contributed by atoms with E-state index in [-0.39, 0.29) is 29.5 Å². The van der Waals surface area contributed by atoms with Crippen molar-refractivity contribution >= 4 is 29.9 Å². The minimum absolute atomic E-state index is 0. The van der Waals surface area contributed by atoms with Crippen LogP contribution < -0.4 is 10.6 Å². The molecule has 2 N–H and O–H groups in total. The molecule has 1 aromatic carbocycles. The number of aliphatic imine (C=N–C) groups is 1. The molecule has 1 aliphatic heterocycles. The van der Waals surface area contributed by atoms with E-state index in [9.17, 15) is 0 Å². The van der Waals surface area contributed by atoms with E-state index in [0.717, 1.165) is 44.3 Å². The molecule has 2 heterocycles. The summed E-state index contributed by atoms with van der Waals surface area (Å²) in [5.41, 5.74) is 4.08. The number of aromatic nitrogens is 2. The first-order valence-electron chi connectivity index (χ1n) is 9.80. The van der Waals surface area contributed by atoms with Crippen molar-refractivity contribution in [2.75, 3.05) is 19.6 Å². The van der Waals surface area contributed by atoms with Gasteiger partial charge in [0.05, 0.1) is 12.2 Å². The molecule has 28 heavy (non-hydrogen) atoms. The number of rotatable bonds is 6. The van der Waals surface area contributed by atoms with Crippen molar-refractivity contribution in [2.24, 2.45) is 12.0 Å². The molecule has 0 unspecified atom stereocenters. The summed E-state index contributed by atoms with van der Waals surface area (Å²) in [7, 11) is 1.95. The van der Waals surface area contributed by atoms with Crippen LogP contribution in [0.3, 0.4) is 0 Å². The van der Waals surface area contributed by atoms with E-state index in [1.807, 2.05) is 24.0 Å². The van der Waals surface area contributed by atoms with Crippen LogP contribution in [-0.2, 0) is 26.6 Å². The average Bonchev–Trinajstić information content (AvgIpc) is 3.08. The van der Waals surface area contributed by atoms with E-state index in [1.165, 1.54) is 11.1 Å². The number of guanidine groups is 1. The Morgan fingerprint density at radius 2 is 1.93 bits per heavy atom. The predicted molar refractivity (Wildman–Crippen MR) is 126 cm³/mol. The van der Waals surface area contributed by atoms with Crippen LogP contribution in [0.15, 0.2) is 41.5 Å². The Bertz CT molecular complexity index is 783. The number of benzene rings is 1. The zero-order valence-electron chi connectivity index (χ0n) is 17.4. The summed E-state index contributed by atoms with van der Waals surface area (Å²) in [6.07, 6.45) is 2.93. The van der Waals surface area contributed by atoms with E-state index in [4.69, 9.17) is 4.99 Å². The number of nitrogens with zero attached hydrogens (tertiary/aromatic N) is 4. The molecule has 2 aromatic rings.